The van der Waals surface area contributed by atoms with Crippen molar-refractivity contribution in [3.8, 4) is 11.1 Å². The minimum Gasteiger partial charge on any atom is -0.481 e. The van der Waals surface area contributed by atoms with Crippen LogP contribution in [0, 0.1) is 11.8 Å². The van der Waals surface area contributed by atoms with Crippen LogP contribution in [0.4, 0.5) is 4.79 Å². The van der Waals surface area contributed by atoms with Crippen LogP contribution in [0.25, 0.3) is 11.1 Å². The van der Waals surface area contributed by atoms with Crippen molar-refractivity contribution >= 4 is 18.0 Å². The smallest absolute Gasteiger partial charge is 0.407 e. The van der Waals surface area contributed by atoms with Crippen molar-refractivity contribution in [3.05, 3.63) is 59.7 Å². The zero-order valence-electron chi connectivity index (χ0n) is 19.9. The summed E-state index contributed by atoms with van der Waals surface area (Å²) < 4.78 is 10.9. The third kappa shape index (κ3) is 5.65. The van der Waals surface area contributed by atoms with Gasteiger partial charge in [0.15, 0.2) is 0 Å². The van der Waals surface area contributed by atoms with Crippen LogP contribution in [0.1, 0.15) is 36.8 Å². The number of nitrogens with one attached hydrogen (secondary N) is 1. The molecule has 1 aliphatic carbocycles. The lowest BCUT2D eigenvalue weighted by atomic mass is 9.98. The normalized spacial score (nSPS) is 18.2. The van der Waals surface area contributed by atoms with Gasteiger partial charge in [0.05, 0.1) is 25.0 Å². The minimum absolute atomic E-state index is 0.0359. The Kier molecular flexibility index (Phi) is 8.02. The van der Waals surface area contributed by atoms with Gasteiger partial charge in [-0.25, -0.2) is 4.79 Å². The molecule has 1 fully saturated rings. The van der Waals surface area contributed by atoms with Crippen molar-refractivity contribution in [3.63, 3.8) is 0 Å². The Labute approximate surface area is 205 Å². The first-order valence-corrected chi connectivity index (χ1v) is 12.2. The van der Waals surface area contributed by atoms with Gasteiger partial charge in [0.25, 0.3) is 0 Å². The molecule has 2 aromatic rings. The van der Waals surface area contributed by atoms with Gasteiger partial charge >= 0.3 is 12.1 Å². The third-order valence-electron chi connectivity index (χ3n) is 6.75. The van der Waals surface area contributed by atoms with Gasteiger partial charge in [-0.2, -0.15) is 0 Å². The topological polar surface area (TPSA) is 105 Å². The molecule has 1 heterocycles. The zero-order chi connectivity index (χ0) is 24.8. The van der Waals surface area contributed by atoms with Crippen LogP contribution in [0.2, 0.25) is 0 Å². The first-order valence-electron chi connectivity index (χ1n) is 12.2. The van der Waals surface area contributed by atoms with E-state index in [-0.39, 0.29) is 38.1 Å². The fourth-order valence-electron chi connectivity index (χ4n) is 4.94. The van der Waals surface area contributed by atoms with Crippen molar-refractivity contribution in [1.29, 1.82) is 0 Å². The summed E-state index contributed by atoms with van der Waals surface area (Å²) in [6, 6.07) is 16.3. The van der Waals surface area contributed by atoms with Gasteiger partial charge in [0, 0.05) is 25.6 Å². The van der Waals surface area contributed by atoms with Crippen LogP contribution in [0.3, 0.4) is 0 Å². The number of hydrogen-bond acceptors (Lipinski definition) is 5. The number of alkyl carbamates (subject to hydrolysis) is 1. The molecule has 2 aliphatic rings. The quantitative estimate of drug-likeness (QED) is 0.599. The second-order valence-corrected chi connectivity index (χ2v) is 9.09. The zero-order valence-corrected chi connectivity index (χ0v) is 19.9. The van der Waals surface area contributed by atoms with Crippen LogP contribution in [-0.2, 0) is 19.1 Å². The third-order valence-corrected chi connectivity index (χ3v) is 6.75. The molecule has 8 heteroatoms. The maximum absolute atomic E-state index is 13.1. The monoisotopic (exact) mass is 480 g/mol. The number of fused-ring (bicyclic) bond motifs is 3. The van der Waals surface area contributed by atoms with E-state index < -0.39 is 23.9 Å². The Morgan fingerprint density at radius 2 is 1.77 bits per heavy atom. The van der Waals surface area contributed by atoms with Gasteiger partial charge < -0.3 is 24.8 Å². The Morgan fingerprint density at radius 1 is 1.11 bits per heavy atom. The number of ether oxygens (including phenoxy) is 2. The minimum atomic E-state index is -0.978. The number of aliphatic carboxylic acids is 1. The van der Waals surface area contributed by atoms with E-state index in [1.165, 1.54) is 0 Å². The number of carbonyl (C=O) groups is 3. The predicted octanol–water partition coefficient (Wildman–Crippen LogP) is 3.50. The number of carbonyl (C=O) groups excluding carboxylic acids is 2. The molecule has 2 unspecified atom stereocenters. The van der Waals surface area contributed by atoms with Gasteiger partial charge in [0.1, 0.15) is 6.61 Å². The first kappa shape index (κ1) is 24.7. The van der Waals surface area contributed by atoms with Crippen LogP contribution in [0.5, 0.6) is 0 Å². The predicted molar refractivity (Wildman–Crippen MR) is 130 cm³/mol. The number of hydrogen-bond donors (Lipinski definition) is 2. The highest BCUT2D eigenvalue weighted by molar-refractivity contribution is 5.81. The van der Waals surface area contributed by atoms with Gasteiger partial charge in [-0.05, 0) is 28.7 Å². The summed E-state index contributed by atoms with van der Waals surface area (Å²) in [5.74, 6) is -2.38. The number of carboxylic acids is 1. The van der Waals surface area contributed by atoms with Crippen molar-refractivity contribution in [1.82, 2.24) is 10.2 Å². The Morgan fingerprint density at radius 3 is 2.40 bits per heavy atom. The molecule has 2 N–H and O–H groups in total. The molecule has 0 spiro atoms. The van der Waals surface area contributed by atoms with Crippen molar-refractivity contribution in [2.24, 2.45) is 11.8 Å². The highest BCUT2D eigenvalue weighted by atomic mass is 16.5. The Hall–Kier alpha value is -3.39. The summed E-state index contributed by atoms with van der Waals surface area (Å²) >= 11 is 0. The summed E-state index contributed by atoms with van der Waals surface area (Å²) in [5, 5.41) is 12.1. The molecule has 1 saturated heterocycles. The van der Waals surface area contributed by atoms with E-state index in [9.17, 15) is 19.5 Å². The molecule has 0 saturated carbocycles. The second kappa shape index (κ2) is 11.4. The van der Waals surface area contributed by atoms with Crippen LogP contribution >= 0.6 is 0 Å². The molecule has 35 heavy (non-hydrogen) atoms. The molecule has 186 valence electrons. The standard InChI is InChI=1S/C27H32N2O6/c1-2-7-18(25(30)29-12-13-34-16-19(15-29)26(31)32)14-28-27(33)35-17-24-22-10-5-3-8-20(22)21-9-4-6-11-23(21)24/h3-6,8-11,18-19,24H,2,7,12-17H2,1H3,(H,28,33)(H,31,32). The lowest BCUT2D eigenvalue weighted by Gasteiger charge is -2.27. The van der Waals surface area contributed by atoms with Crippen LogP contribution in [-0.4, -0.2) is 67.4 Å². The number of benzene rings is 2. The average Bonchev–Trinajstić information content (AvgIpc) is 3.00. The fourth-order valence-corrected chi connectivity index (χ4v) is 4.94. The maximum atomic E-state index is 13.1. The number of amides is 2. The molecule has 8 nitrogen and oxygen atoms in total. The molecule has 0 bridgehead atoms. The Bertz CT molecular complexity index is 1030. The molecule has 0 aromatic heterocycles. The summed E-state index contributed by atoms with van der Waals surface area (Å²) in [5.41, 5.74) is 4.59. The molecule has 1 aliphatic heterocycles. The molecular formula is C27H32N2O6. The van der Waals surface area contributed by atoms with Crippen molar-refractivity contribution in [2.75, 3.05) is 39.5 Å². The number of rotatable bonds is 8. The van der Waals surface area contributed by atoms with Crippen molar-refractivity contribution < 1.29 is 29.0 Å². The van der Waals surface area contributed by atoms with E-state index in [0.717, 1.165) is 28.7 Å². The lowest BCUT2D eigenvalue weighted by Crippen LogP contribution is -2.44. The van der Waals surface area contributed by atoms with E-state index in [1.54, 1.807) is 4.90 Å². The van der Waals surface area contributed by atoms with E-state index >= 15 is 0 Å². The van der Waals surface area contributed by atoms with E-state index in [2.05, 4.69) is 29.6 Å². The fraction of sp³-hybridized carbons (Fsp3) is 0.444. The van der Waals surface area contributed by atoms with Crippen LogP contribution < -0.4 is 5.32 Å². The number of nitrogens with zero attached hydrogens (tertiary/aromatic N) is 1. The van der Waals surface area contributed by atoms with Gasteiger partial charge in [-0.15, -0.1) is 0 Å². The van der Waals surface area contributed by atoms with E-state index in [0.29, 0.717) is 19.6 Å². The molecule has 2 aromatic carbocycles. The number of carboxylic acid groups (broad SMARTS) is 1. The highest BCUT2D eigenvalue weighted by Gasteiger charge is 2.32. The molecule has 4 rings (SSSR count). The van der Waals surface area contributed by atoms with Gasteiger partial charge in [-0.1, -0.05) is 61.9 Å². The second-order valence-electron chi connectivity index (χ2n) is 9.09. The largest absolute Gasteiger partial charge is 0.481 e. The molecular weight excluding hydrogens is 448 g/mol. The van der Waals surface area contributed by atoms with Crippen LogP contribution in [0.15, 0.2) is 48.5 Å². The molecule has 0 radical (unpaired) electrons. The lowest BCUT2D eigenvalue weighted by molar-refractivity contribution is -0.144. The van der Waals surface area contributed by atoms with Gasteiger partial charge in [-0.3, -0.25) is 9.59 Å². The highest BCUT2D eigenvalue weighted by Crippen LogP contribution is 2.44. The summed E-state index contributed by atoms with van der Waals surface area (Å²) in [6.45, 7) is 3.16. The summed E-state index contributed by atoms with van der Waals surface area (Å²) in [4.78, 5) is 38.7. The van der Waals surface area contributed by atoms with E-state index in [1.807, 2.05) is 31.2 Å². The SMILES string of the molecule is CCCC(CNC(=O)OCC1c2ccccc2-c2ccccc21)C(=O)N1CCOCC(C(=O)O)C1. The summed E-state index contributed by atoms with van der Waals surface area (Å²) in [6.07, 6.45) is 0.774. The maximum Gasteiger partial charge on any atom is 0.407 e. The van der Waals surface area contributed by atoms with Crippen molar-refractivity contribution in [2.45, 2.75) is 25.7 Å². The van der Waals surface area contributed by atoms with Gasteiger partial charge in [0.2, 0.25) is 5.91 Å². The Balaban J connectivity index is 1.34. The van der Waals surface area contributed by atoms with E-state index in [4.69, 9.17) is 9.47 Å². The molecule has 2 amide bonds. The summed E-state index contributed by atoms with van der Waals surface area (Å²) in [7, 11) is 0. The average molecular weight is 481 g/mol. The molecule has 2 atom stereocenters. The first-order chi connectivity index (χ1) is 17.0.